The minimum atomic E-state index is -0.297. The standard InChI is InChI=1S/C30H39N7O2S/c1-19-9-7-10-20(2)27(19)25-14-26-34-29(33-25)35-40-24-12-8-11-21(13-24)28(38)37(17-22(31)16-36(6)32)23(18-39-26)15-30(3,4)5/h7-14,16,23H,15,17-18,31-32H2,1-6H3,(H,33,34,35)/b22-16-. The monoisotopic (exact) mass is 561 g/mol. The highest BCUT2D eigenvalue weighted by molar-refractivity contribution is 8.00. The summed E-state index contributed by atoms with van der Waals surface area (Å²) in [5, 5.41) is 1.39. The third kappa shape index (κ3) is 7.45. The van der Waals surface area contributed by atoms with Gasteiger partial charge in [0.25, 0.3) is 5.91 Å². The van der Waals surface area contributed by atoms with Crippen molar-refractivity contribution in [3.05, 3.63) is 77.1 Å². The van der Waals surface area contributed by atoms with Crippen molar-refractivity contribution in [1.29, 1.82) is 0 Å². The van der Waals surface area contributed by atoms with Crippen molar-refractivity contribution in [3.8, 4) is 17.1 Å². The molecule has 4 rings (SSSR count). The van der Waals surface area contributed by atoms with E-state index in [-0.39, 0.29) is 30.5 Å². The maximum Gasteiger partial charge on any atom is 0.254 e. The molecule has 4 bridgehead atoms. The highest BCUT2D eigenvalue weighted by Gasteiger charge is 2.30. The smallest absolute Gasteiger partial charge is 0.254 e. The molecule has 1 aliphatic heterocycles. The predicted octanol–water partition coefficient (Wildman–Crippen LogP) is 5.12. The summed E-state index contributed by atoms with van der Waals surface area (Å²) in [4.78, 5) is 26.1. The largest absolute Gasteiger partial charge is 0.475 e. The molecule has 10 heteroatoms. The van der Waals surface area contributed by atoms with Gasteiger partial charge >= 0.3 is 0 Å². The summed E-state index contributed by atoms with van der Waals surface area (Å²) in [7, 11) is 1.69. The Hall–Kier alpha value is -3.76. The lowest BCUT2D eigenvalue weighted by molar-refractivity contribution is 0.0562. The molecule has 0 saturated carbocycles. The molecule has 1 atom stereocenters. The summed E-state index contributed by atoms with van der Waals surface area (Å²) in [5.74, 6) is 6.54. The van der Waals surface area contributed by atoms with Gasteiger partial charge in [-0.15, -0.1) is 0 Å². The molecule has 0 fully saturated rings. The average molecular weight is 562 g/mol. The molecule has 40 heavy (non-hydrogen) atoms. The van der Waals surface area contributed by atoms with Crippen molar-refractivity contribution in [2.24, 2.45) is 17.0 Å². The van der Waals surface area contributed by atoms with Gasteiger partial charge in [0.05, 0.1) is 18.3 Å². The summed E-state index contributed by atoms with van der Waals surface area (Å²) >= 11 is 1.34. The Labute approximate surface area is 241 Å². The average Bonchev–Trinajstić information content (AvgIpc) is 2.87. The fourth-order valence-electron chi connectivity index (χ4n) is 4.87. The van der Waals surface area contributed by atoms with Crippen molar-refractivity contribution >= 4 is 23.8 Å². The van der Waals surface area contributed by atoms with Gasteiger partial charge in [-0.05, 0) is 67.0 Å². The summed E-state index contributed by atoms with van der Waals surface area (Å²) in [6.07, 6.45) is 2.30. The van der Waals surface area contributed by atoms with E-state index in [1.54, 1.807) is 18.1 Å². The molecule has 2 heterocycles. The van der Waals surface area contributed by atoms with Crippen LogP contribution >= 0.6 is 11.9 Å². The van der Waals surface area contributed by atoms with Gasteiger partial charge in [0.1, 0.15) is 6.61 Å². The second kappa shape index (κ2) is 12.2. The van der Waals surface area contributed by atoms with Crippen LogP contribution in [0, 0.1) is 19.3 Å². The van der Waals surface area contributed by atoms with Crippen molar-refractivity contribution < 1.29 is 9.53 Å². The first-order valence-electron chi connectivity index (χ1n) is 13.3. The van der Waals surface area contributed by atoms with E-state index in [2.05, 4.69) is 56.5 Å². The van der Waals surface area contributed by atoms with Gasteiger partial charge in [-0.2, -0.15) is 4.98 Å². The number of fused-ring (bicyclic) bond motifs is 4. The molecule has 9 nitrogen and oxygen atoms in total. The number of aromatic nitrogens is 2. The number of hydrogen-bond donors (Lipinski definition) is 3. The lowest BCUT2D eigenvalue weighted by Crippen LogP contribution is -2.47. The van der Waals surface area contributed by atoms with Crippen molar-refractivity contribution in [2.75, 3.05) is 24.9 Å². The number of anilines is 1. The third-order valence-corrected chi connectivity index (χ3v) is 7.25. The number of carbonyl (C=O) groups excluding carboxylic acids is 1. The highest BCUT2D eigenvalue weighted by Crippen LogP contribution is 2.32. The molecule has 2 aromatic carbocycles. The van der Waals surface area contributed by atoms with Crippen LogP contribution in [-0.4, -0.2) is 52.0 Å². The van der Waals surface area contributed by atoms with E-state index in [9.17, 15) is 4.79 Å². The van der Waals surface area contributed by atoms with E-state index >= 15 is 0 Å². The fraction of sp³-hybridized carbons (Fsp3) is 0.367. The highest BCUT2D eigenvalue weighted by atomic mass is 32.2. The zero-order valence-corrected chi connectivity index (χ0v) is 24.9. The molecule has 212 valence electrons. The van der Waals surface area contributed by atoms with Gasteiger partial charge in [-0.25, -0.2) is 10.8 Å². The van der Waals surface area contributed by atoms with Gasteiger partial charge < -0.3 is 20.4 Å². The van der Waals surface area contributed by atoms with Crippen LogP contribution in [0.5, 0.6) is 5.88 Å². The van der Waals surface area contributed by atoms with Crippen LogP contribution in [0.25, 0.3) is 11.3 Å². The van der Waals surface area contributed by atoms with Crippen LogP contribution in [-0.2, 0) is 0 Å². The minimum Gasteiger partial charge on any atom is -0.475 e. The minimum absolute atomic E-state index is 0.0941. The van der Waals surface area contributed by atoms with Gasteiger partial charge in [0.2, 0.25) is 11.8 Å². The molecule has 0 spiro atoms. The molecule has 0 saturated heterocycles. The van der Waals surface area contributed by atoms with E-state index in [1.807, 2.05) is 36.4 Å². The summed E-state index contributed by atoms with van der Waals surface area (Å²) in [6.45, 7) is 11.0. The number of hydrogen-bond acceptors (Lipinski definition) is 9. The molecule has 3 aromatic rings. The van der Waals surface area contributed by atoms with Crippen LogP contribution < -0.4 is 21.0 Å². The van der Waals surface area contributed by atoms with E-state index < -0.39 is 0 Å². The number of amides is 1. The lowest BCUT2D eigenvalue weighted by Gasteiger charge is -2.36. The molecule has 5 N–H and O–H groups in total. The Morgan fingerprint density at radius 1 is 1.18 bits per heavy atom. The zero-order valence-electron chi connectivity index (χ0n) is 24.1. The SMILES string of the molecule is Cc1cccc(C)c1-c1cc2nc(n1)NSc1cccc(c1)C(=O)N(C/C(N)=C/N(C)N)C(CC(C)(C)C)CO2. The maximum atomic E-state index is 14.0. The number of benzene rings is 2. The topological polar surface area (TPSA) is 123 Å². The molecule has 1 amide bonds. The molecule has 0 radical (unpaired) electrons. The number of rotatable bonds is 5. The quantitative estimate of drug-likeness (QED) is 0.221. The second-order valence-corrected chi connectivity index (χ2v) is 12.3. The van der Waals surface area contributed by atoms with E-state index in [0.717, 1.165) is 27.3 Å². The number of nitrogens with two attached hydrogens (primary N) is 2. The Morgan fingerprint density at radius 3 is 2.55 bits per heavy atom. The Bertz CT molecular complexity index is 1380. The number of ether oxygens (including phenoxy) is 1. The first-order chi connectivity index (χ1) is 18.9. The van der Waals surface area contributed by atoms with Crippen LogP contribution in [0.2, 0.25) is 0 Å². The normalized spacial score (nSPS) is 16.3. The maximum absolute atomic E-state index is 14.0. The summed E-state index contributed by atoms with van der Waals surface area (Å²) in [5.41, 5.74) is 11.3. The number of carbonyl (C=O) groups is 1. The van der Waals surface area contributed by atoms with E-state index in [1.165, 1.54) is 17.0 Å². The van der Waals surface area contributed by atoms with Crippen LogP contribution in [0.15, 0.2) is 65.3 Å². The number of hydrazine groups is 1. The Kier molecular flexibility index (Phi) is 8.90. The van der Waals surface area contributed by atoms with Crippen molar-refractivity contribution in [2.45, 2.75) is 52.0 Å². The molecular formula is C30H39N7O2S. The number of nitrogens with one attached hydrogen (secondary N) is 1. The van der Waals surface area contributed by atoms with E-state index in [4.69, 9.17) is 21.3 Å². The number of aryl methyl sites for hydroxylation is 2. The van der Waals surface area contributed by atoms with Crippen molar-refractivity contribution in [1.82, 2.24) is 19.9 Å². The summed E-state index contributed by atoms with van der Waals surface area (Å²) < 4.78 is 9.62. The molecular weight excluding hydrogens is 522 g/mol. The van der Waals surface area contributed by atoms with Crippen LogP contribution in [0.1, 0.15) is 48.7 Å². The fourth-order valence-corrected chi connectivity index (χ4v) is 5.50. The molecule has 1 aromatic heterocycles. The lowest BCUT2D eigenvalue weighted by atomic mass is 9.87. The number of nitrogens with zero attached hydrogens (tertiary/aromatic N) is 4. The first kappa shape index (κ1) is 29.2. The predicted molar refractivity (Wildman–Crippen MR) is 161 cm³/mol. The zero-order chi connectivity index (χ0) is 29.0. The van der Waals surface area contributed by atoms with Gasteiger partial charge in [-0.1, -0.05) is 45.0 Å². The molecule has 1 unspecified atom stereocenters. The van der Waals surface area contributed by atoms with E-state index in [0.29, 0.717) is 29.5 Å². The second-order valence-electron chi connectivity index (χ2n) is 11.4. The van der Waals surface area contributed by atoms with Gasteiger partial charge in [0.15, 0.2) is 0 Å². The van der Waals surface area contributed by atoms with Gasteiger partial charge in [0, 0.05) is 41.0 Å². The van der Waals surface area contributed by atoms with Crippen LogP contribution in [0.4, 0.5) is 5.95 Å². The third-order valence-electron chi connectivity index (χ3n) is 6.48. The van der Waals surface area contributed by atoms with Gasteiger partial charge in [-0.3, -0.25) is 9.52 Å². The van der Waals surface area contributed by atoms with Crippen molar-refractivity contribution in [3.63, 3.8) is 0 Å². The first-order valence-corrected chi connectivity index (χ1v) is 14.1. The molecule has 1 aliphatic rings. The summed E-state index contributed by atoms with van der Waals surface area (Å²) in [6, 6.07) is 15.2. The molecule has 0 aliphatic carbocycles. The van der Waals surface area contributed by atoms with Crippen LogP contribution in [0.3, 0.4) is 0 Å². The Morgan fingerprint density at radius 2 is 1.88 bits per heavy atom. The Balaban J connectivity index is 1.83.